The van der Waals surface area contributed by atoms with E-state index in [0.29, 0.717) is 6.54 Å². The van der Waals surface area contributed by atoms with Gasteiger partial charge in [0.15, 0.2) is 0 Å². The Hall–Kier alpha value is -1.56. The average Bonchev–Trinajstić information content (AvgIpc) is 2.27. The number of aliphatic carboxylic acids is 1. The molecule has 5 nitrogen and oxygen atoms in total. The maximum atomic E-state index is 10.2. The summed E-state index contributed by atoms with van der Waals surface area (Å²) < 4.78 is 6.38. The Balaban J connectivity index is 2.55. The van der Waals surface area contributed by atoms with Crippen LogP contribution in [0.5, 0.6) is 5.75 Å². The predicted octanol–water partition coefficient (Wildman–Crippen LogP) is 1.88. The van der Waals surface area contributed by atoms with E-state index in [1.165, 1.54) is 4.03 Å². The minimum absolute atomic E-state index is 0.466. The SMILES string of the molecule is COc1ccc(CN(Br)/N=C\C(=O)O)cc1. The van der Waals surface area contributed by atoms with Crippen LogP contribution in [0.25, 0.3) is 0 Å². The van der Waals surface area contributed by atoms with Crippen molar-refractivity contribution >= 4 is 28.3 Å². The normalized spacial score (nSPS) is 10.4. The highest BCUT2D eigenvalue weighted by Gasteiger charge is 1.99. The topological polar surface area (TPSA) is 62.1 Å². The zero-order valence-corrected chi connectivity index (χ0v) is 10.2. The summed E-state index contributed by atoms with van der Waals surface area (Å²) in [6, 6.07) is 7.42. The standard InChI is InChI=1S/C10H11BrN2O3/c1-16-9-4-2-8(3-5-9)7-13(11)12-6-10(14)15/h2-6H,7H2,1H3,(H,14,15)/b12-6-. The van der Waals surface area contributed by atoms with Crippen LogP contribution in [0.1, 0.15) is 5.56 Å². The number of hydrogen-bond acceptors (Lipinski definition) is 4. The van der Waals surface area contributed by atoms with Crippen LogP contribution in [0.4, 0.5) is 0 Å². The monoisotopic (exact) mass is 286 g/mol. The highest BCUT2D eigenvalue weighted by molar-refractivity contribution is 9.07. The Morgan fingerprint density at radius 3 is 2.69 bits per heavy atom. The third-order valence-electron chi connectivity index (χ3n) is 1.77. The van der Waals surface area contributed by atoms with E-state index in [2.05, 4.69) is 21.2 Å². The van der Waals surface area contributed by atoms with Crippen LogP contribution in [-0.4, -0.2) is 28.4 Å². The van der Waals surface area contributed by atoms with Crippen LogP contribution >= 0.6 is 16.1 Å². The number of methoxy groups -OCH3 is 1. The van der Waals surface area contributed by atoms with Gasteiger partial charge >= 0.3 is 5.97 Å². The van der Waals surface area contributed by atoms with Gasteiger partial charge in [0.2, 0.25) is 0 Å². The summed E-state index contributed by atoms with van der Waals surface area (Å²) in [4.78, 5) is 10.2. The number of carboxylic acids is 1. The van der Waals surface area contributed by atoms with Crippen LogP contribution in [-0.2, 0) is 11.3 Å². The average molecular weight is 287 g/mol. The third kappa shape index (κ3) is 4.31. The largest absolute Gasteiger partial charge is 0.497 e. The molecule has 0 amide bonds. The molecule has 0 saturated carbocycles. The van der Waals surface area contributed by atoms with Gasteiger partial charge in [0.1, 0.15) is 12.0 Å². The van der Waals surface area contributed by atoms with Gasteiger partial charge in [-0.1, -0.05) is 12.1 Å². The van der Waals surface area contributed by atoms with Crippen molar-refractivity contribution < 1.29 is 14.6 Å². The molecule has 86 valence electrons. The number of nitrogens with zero attached hydrogens (tertiary/aromatic N) is 2. The van der Waals surface area contributed by atoms with Gasteiger partial charge in [0, 0.05) is 0 Å². The van der Waals surface area contributed by atoms with Crippen molar-refractivity contribution in [1.82, 2.24) is 4.03 Å². The molecule has 0 aliphatic heterocycles. The number of hydrazone groups is 1. The summed E-state index contributed by atoms with van der Waals surface area (Å²) in [5, 5.41) is 12.0. The summed E-state index contributed by atoms with van der Waals surface area (Å²) in [7, 11) is 1.60. The van der Waals surface area contributed by atoms with Crippen LogP contribution in [0.15, 0.2) is 29.4 Å². The van der Waals surface area contributed by atoms with E-state index in [9.17, 15) is 4.79 Å². The molecule has 0 bridgehead atoms. The molecule has 6 heteroatoms. The second-order valence-corrected chi connectivity index (χ2v) is 3.74. The number of ether oxygens (including phenoxy) is 1. The molecule has 0 saturated heterocycles. The van der Waals surface area contributed by atoms with Crippen molar-refractivity contribution in [2.75, 3.05) is 7.11 Å². The van der Waals surface area contributed by atoms with Gasteiger partial charge in [-0.3, -0.25) is 0 Å². The molecule has 0 aliphatic carbocycles. The predicted molar refractivity (Wildman–Crippen MR) is 63.6 cm³/mol. The molecular formula is C10H11BrN2O3. The van der Waals surface area contributed by atoms with E-state index < -0.39 is 5.97 Å². The molecule has 1 N–H and O–H groups in total. The number of benzene rings is 1. The molecule has 1 aromatic carbocycles. The highest BCUT2D eigenvalue weighted by atomic mass is 79.9. The van der Waals surface area contributed by atoms with Crippen molar-refractivity contribution in [3.8, 4) is 5.75 Å². The van der Waals surface area contributed by atoms with Crippen molar-refractivity contribution in [3.63, 3.8) is 0 Å². The third-order valence-corrected chi connectivity index (χ3v) is 2.20. The first-order valence-electron chi connectivity index (χ1n) is 4.45. The molecule has 16 heavy (non-hydrogen) atoms. The Morgan fingerprint density at radius 1 is 1.56 bits per heavy atom. The van der Waals surface area contributed by atoms with E-state index in [4.69, 9.17) is 9.84 Å². The summed E-state index contributed by atoms with van der Waals surface area (Å²) >= 11 is 3.12. The van der Waals surface area contributed by atoms with E-state index in [0.717, 1.165) is 17.5 Å². The van der Waals surface area contributed by atoms with E-state index >= 15 is 0 Å². The second kappa shape index (κ2) is 6.12. The molecular weight excluding hydrogens is 276 g/mol. The smallest absolute Gasteiger partial charge is 0.348 e. The number of halogens is 1. The van der Waals surface area contributed by atoms with Gasteiger partial charge in [-0.2, -0.15) is 5.10 Å². The first-order valence-corrected chi connectivity index (χ1v) is 5.16. The number of carbonyl (C=O) groups is 1. The zero-order valence-electron chi connectivity index (χ0n) is 8.63. The Morgan fingerprint density at radius 2 is 2.19 bits per heavy atom. The minimum atomic E-state index is -1.08. The lowest BCUT2D eigenvalue weighted by atomic mass is 10.2. The molecule has 0 heterocycles. The lowest BCUT2D eigenvalue weighted by molar-refractivity contribution is -0.128. The molecule has 0 fully saturated rings. The molecule has 0 atom stereocenters. The van der Waals surface area contributed by atoms with Crippen LogP contribution in [0.3, 0.4) is 0 Å². The van der Waals surface area contributed by atoms with Crippen molar-refractivity contribution in [2.45, 2.75) is 6.54 Å². The Bertz CT molecular complexity index is 378. The molecule has 0 spiro atoms. The Labute approximate surface area is 102 Å². The van der Waals surface area contributed by atoms with Gasteiger partial charge < -0.3 is 9.84 Å². The first-order chi connectivity index (χ1) is 7.61. The molecule has 0 radical (unpaired) electrons. The van der Waals surface area contributed by atoms with Gasteiger partial charge in [-0.15, -0.1) is 0 Å². The fourth-order valence-corrected chi connectivity index (χ4v) is 1.42. The summed E-state index contributed by atoms with van der Waals surface area (Å²) in [5.74, 6) is -0.307. The molecule has 1 rings (SSSR count). The van der Waals surface area contributed by atoms with Gasteiger partial charge in [-0.05, 0) is 17.7 Å². The number of hydrogen-bond donors (Lipinski definition) is 1. The summed E-state index contributed by atoms with van der Waals surface area (Å²) in [6.07, 6.45) is 0.818. The summed E-state index contributed by atoms with van der Waals surface area (Å²) in [6.45, 7) is 0.466. The van der Waals surface area contributed by atoms with E-state index in [1.54, 1.807) is 7.11 Å². The second-order valence-electron chi connectivity index (χ2n) is 2.93. The van der Waals surface area contributed by atoms with Crippen molar-refractivity contribution in [3.05, 3.63) is 29.8 Å². The molecule has 0 unspecified atom stereocenters. The van der Waals surface area contributed by atoms with Gasteiger partial charge in [-0.25, -0.2) is 8.83 Å². The van der Waals surface area contributed by atoms with Gasteiger partial charge in [0.25, 0.3) is 0 Å². The minimum Gasteiger partial charge on any atom is -0.497 e. The van der Waals surface area contributed by atoms with E-state index in [-0.39, 0.29) is 0 Å². The van der Waals surface area contributed by atoms with Crippen LogP contribution in [0, 0.1) is 0 Å². The van der Waals surface area contributed by atoms with Crippen LogP contribution < -0.4 is 4.74 Å². The first kappa shape index (κ1) is 12.5. The fraction of sp³-hybridized carbons (Fsp3) is 0.200. The molecule has 1 aromatic rings. The summed E-state index contributed by atoms with van der Waals surface area (Å²) in [5.41, 5.74) is 0.986. The van der Waals surface area contributed by atoms with Crippen molar-refractivity contribution in [1.29, 1.82) is 0 Å². The van der Waals surface area contributed by atoms with Gasteiger partial charge in [0.05, 0.1) is 29.8 Å². The quantitative estimate of drug-likeness (QED) is 0.510. The van der Waals surface area contributed by atoms with E-state index in [1.807, 2.05) is 24.3 Å². The number of rotatable bonds is 5. The highest BCUT2D eigenvalue weighted by Crippen LogP contribution is 2.14. The fourth-order valence-electron chi connectivity index (χ4n) is 1.03. The molecule has 0 aromatic heterocycles. The maximum absolute atomic E-state index is 10.2. The molecule has 0 aliphatic rings. The lowest BCUT2D eigenvalue weighted by Crippen LogP contribution is -2.06. The Kier molecular flexibility index (Phi) is 4.78. The number of carboxylic acid groups (broad SMARTS) is 1. The van der Waals surface area contributed by atoms with Crippen molar-refractivity contribution in [2.24, 2.45) is 5.10 Å². The lowest BCUT2D eigenvalue weighted by Gasteiger charge is -2.09. The maximum Gasteiger partial charge on any atom is 0.348 e. The van der Waals surface area contributed by atoms with Crippen LogP contribution in [0.2, 0.25) is 0 Å². The zero-order chi connectivity index (χ0) is 12.0.